The Kier molecular flexibility index (Phi) is 4.57. The molecule has 0 heterocycles. The molecule has 0 radical (unpaired) electrons. The van der Waals surface area contributed by atoms with Gasteiger partial charge in [0, 0.05) is 0 Å². The van der Waals surface area contributed by atoms with Crippen LogP contribution in [-0.2, 0) is 9.84 Å². The molecule has 106 valence electrons. The first-order chi connectivity index (χ1) is 9.56. The van der Waals surface area contributed by atoms with E-state index in [1.165, 1.54) is 0 Å². The topological polar surface area (TPSA) is 54.4 Å². The summed E-state index contributed by atoms with van der Waals surface area (Å²) < 4.78 is 25.0. The molecule has 0 aliphatic heterocycles. The second-order valence-corrected chi connectivity index (χ2v) is 6.94. The van der Waals surface area contributed by atoms with Gasteiger partial charge in [0.2, 0.25) is 0 Å². The Labute approximate surface area is 119 Å². The van der Waals surface area contributed by atoms with E-state index in [1.807, 2.05) is 61.5 Å². The van der Waals surface area contributed by atoms with Gasteiger partial charge in [0.25, 0.3) is 0 Å². The van der Waals surface area contributed by atoms with Crippen LogP contribution in [0.15, 0.2) is 54.6 Å². The van der Waals surface area contributed by atoms with Gasteiger partial charge < -0.3 is 5.11 Å². The number of sulfone groups is 1. The second kappa shape index (κ2) is 6.20. The van der Waals surface area contributed by atoms with Gasteiger partial charge in [-0.3, -0.25) is 0 Å². The number of hydrogen-bond acceptors (Lipinski definition) is 3. The molecule has 0 aromatic heterocycles. The molecule has 0 aliphatic carbocycles. The van der Waals surface area contributed by atoms with Crippen molar-refractivity contribution in [2.24, 2.45) is 0 Å². The average Bonchev–Trinajstić information content (AvgIpc) is 2.42. The maximum Gasteiger partial charge on any atom is 0.163 e. The highest BCUT2D eigenvalue weighted by Crippen LogP contribution is 2.32. The molecule has 0 spiro atoms. The molecule has 0 bridgehead atoms. The van der Waals surface area contributed by atoms with E-state index in [0.29, 0.717) is 0 Å². The number of hydrogen-bond donors (Lipinski definition) is 1. The van der Waals surface area contributed by atoms with Crippen molar-refractivity contribution in [2.45, 2.75) is 12.2 Å². The SMILES string of the molecule is Cc1ccccc1C(c1ccccc1)S(=O)(=O)CCO. The van der Waals surface area contributed by atoms with Crippen molar-refractivity contribution >= 4 is 9.84 Å². The van der Waals surface area contributed by atoms with Gasteiger partial charge in [0.05, 0.1) is 12.4 Å². The molecule has 20 heavy (non-hydrogen) atoms. The Morgan fingerprint density at radius 1 is 1.00 bits per heavy atom. The van der Waals surface area contributed by atoms with E-state index in [4.69, 9.17) is 5.11 Å². The van der Waals surface area contributed by atoms with Crippen LogP contribution < -0.4 is 0 Å². The molecule has 3 nitrogen and oxygen atoms in total. The van der Waals surface area contributed by atoms with E-state index in [2.05, 4.69) is 0 Å². The Bertz CT molecular complexity index is 663. The molecular weight excluding hydrogens is 272 g/mol. The Balaban J connectivity index is 2.60. The highest BCUT2D eigenvalue weighted by Gasteiger charge is 2.29. The van der Waals surface area contributed by atoms with Crippen LogP contribution >= 0.6 is 0 Å². The molecule has 2 aromatic rings. The summed E-state index contributed by atoms with van der Waals surface area (Å²) in [5.41, 5.74) is 2.44. The monoisotopic (exact) mass is 290 g/mol. The lowest BCUT2D eigenvalue weighted by Crippen LogP contribution is -2.20. The van der Waals surface area contributed by atoms with Crippen LogP contribution in [0, 0.1) is 6.92 Å². The van der Waals surface area contributed by atoms with Crippen LogP contribution in [0.1, 0.15) is 21.9 Å². The molecule has 0 fully saturated rings. The molecule has 1 N–H and O–H groups in total. The Morgan fingerprint density at radius 3 is 2.20 bits per heavy atom. The molecule has 0 saturated carbocycles. The highest BCUT2D eigenvalue weighted by molar-refractivity contribution is 7.91. The van der Waals surface area contributed by atoms with Crippen LogP contribution in [0.5, 0.6) is 0 Å². The lowest BCUT2D eigenvalue weighted by Gasteiger charge is -2.20. The normalized spacial score (nSPS) is 13.1. The van der Waals surface area contributed by atoms with Crippen molar-refractivity contribution in [3.05, 3.63) is 71.3 Å². The summed E-state index contributed by atoms with van der Waals surface area (Å²) in [6, 6.07) is 16.6. The van der Waals surface area contributed by atoms with Crippen LogP contribution in [0.4, 0.5) is 0 Å². The van der Waals surface area contributed by atoms with E-state index in [-0.39, 0.29) is 12.4 Å². The molecule has 1 unspecified atom stereocenters. The third kappa shape index (κ3) is 3.08. The first-order valence-corrected chi connectivity index (χ1v) is 8.20. The first-order valence-electron chi connectivity index (χ1n) is 6.49. The smallest absolute Gasteiger partial charge is 0.163 e. The van der Waals surface area contributed by atoms with Gasteiger partial charge in [-0.25, -0.2) is 8.42 Å². The van der Waals surface area contributed by atoms with Crippen molar-refractivity contribution < 1.29 is 13.5 Å². The minimum absolute atomic E-state index is 0.235. The molecular formula is C16H18O3S. The third-order valence-corrected chi connectivity index (χ3v) is 5.30. The highest BCUT2D eigenvalue weighted by atomic mass is 32.2. The van der Waals surface area contributed by atoms with E-state index >= 15 is 0 Å². The van der Waals surface area contributed by atoms with E-state index in [1.54, 1.807) is 0 Å². The van der Waals surface area contributed by atoms with Crippen LogP contribution in [0.3, 0.4) is 0 Å². The summed E-state index contributed by atoms with van der Waals surface area (Å²) in [6.45, 7) is 1.54. The molecule has 0 aliphatic rings. The summed E-state index contributed by atoms with van der Waals surface area (Å²) in [6.07, 6.45) is 0. The van der Waals surface area contributed by atoms with Gasteiger partial charge in [-0.2, -0.15) is 0 Å². The summed E-state index contributed by atoms with van der Waals surface area (Å²) in [5, 5.41) is 8.31. The van der Waals surface area contributed by atoms with Gasteiger partial charge in [-0.05, 0) is 23.6 Å². The zero-order valence-electron chi connectivity index (χ0n) is 11.4. The van der Waals surface area contributed by atoms with Gasteiger partial charge in [0.1, 0.15) is 5.25 Å². The maximum absolute atomic E-state index is 12.5. The third-order valence-electron chi connectivity index (χ3n) is 3.31. The zero-order chi connectivity index (χ0) is 14.6. The molecule has 2 aromatic carbocycles. The van der Waals surface area contributed by atoms with Crippen molar-refractivity contribution in [3.63, 3.8) is 0 Å². The standard InChI is InChI=1S/C16H18O3S/c1-13-7-5-6-10-15(13)16(20(18,19)12-11-17)14-8-3-2-4-9-14/h2-10,16-17H,11-12H2,1H3. The van der Waals surface area contributed by atoms with Crippen LogP contribution in [-0.4, -0.2) is 25.9 Å². The summed E-state index contributed by atoms with van der Waals surface area (Å²) >= 11 is 0. The fourth-order valence-electron chi connectivity index (χ4n) is 2.33. The van der Waals surface area contributed by atoms with Gasteiger partial charge in [0.15, 0.2) is 9.84 Å². The van der Waals surface area contributed by atoms with Crippen molar-refractivity contribution in [3.8, 4) is 0 Å². The zero-order valence-corrected chi connectivity index (χ0v) is 12.2. The van der Waals surface area contributed by atoms with Crippen molar-refractivity contribution in [2.75, 3.05) is 12.4 Å². The van der Waals surface area contributed by atoms with Crippen molar-refractivity contribution in [1.82, 2.24) is 0 Å². The largest absolute Gasteiger partial charge is 0.395 e. The van der Waals surface area contributed by atoms with Gasteiger partial charge >= 0.3 is 0 Å². The lowest BCUT2D eigenvalue weighted by molar-refractivity contribution is 0.319. The number of aliphatic hydroxyl groups excluding tert-OH is 1. The van der Waals surface area contributed by atoms with Gasteiger partial charge in [-0.1, -0.05) is 54.6 Å². The first kappa shape index (κ1) is 14.8. The summed E-state index contributed by atoms with van der Waals surface area (Å²) in [4.78, 5) is 0. The van der Waals surface area contributed by atoms with E-state index < -0.39 is 15.1 Å². The molecule has 2 rings (SSSR count). The number of aryl methyl sites for hydroxylation is 1. The van der Waals surface area contributed by atoms with E-state index in [9.17, 15) is 8.42 Å². The Morgan fingerprint density at radius 2 is 1.60 bits per heavy atom. The molecule has 1 atom stereocenters. The second-order valence-electron chi connectivity index (χ2n) is 4.74. The number of benzene rings is 2. The van der Waals surface area contributed by atoms with Gasteiger partial charge in [-0.15, -0.1) is 0 Å². The fourth-order valence-corrected chi connectivity index (χ4v) is 4.05. The van der Waals surface area contributed by atoms with Crippen molar-refractivity contribution in [1.29, 1.82) is 0 Å². The molecule has 0 saturated heterocycles. The minimum atomic E-state index is -3.45. The maximum atomic E-state index is 12.5. The molecule has 0 amide bonds. The summed E-state index contributed by atoms with van der Waals surface area (Å²) in [7, 11) is -3.45. The summed E-state index contributed by atoms with van der Waals surface area (Å²) in [5.74, 6) is -0.235. The minimum Gasteiger partial charge on any atom is -0.395 e. The lowest BCUT2D eigenvalue weighted by atomic mass is 10.0. The Hall–Kier alpha value is -1.65. The van der Waals surface area contributed by atoms with E-state index in [0.717, 1.165) is 16.7 Å². The fraction of sp³-hybridized carbons (Fsp3) is 0.250. The molecule has 4 heteroatoms. The number of aliphatic hydroxyl groups is 1. The predicted molar refractivity (Wildman–Crippen MR) is 80.3 cm³/mol. The van der Waals surface area contributed by atoms with Crippen LogP contribution in [0.2, 0.25) is 0 Å². The average molecular weight is 290 g/mol. The number of rotatable bonds is 5. The van der Waals surface area contributed by atoms with Crippen LogP contribution in [0.25, 0.3) is 0 Å². The quantitative estimate of drug-likeness (QED) is 0.920. The predicted octanol–water partition coefficient (Wildman–Crippen LogP) is 2.49.